The van der Waals surface area contributed by atoms with Crippen LogP contribution in [0, 0.1) is 6.92 Å². The minimum Gasteiger partial charge on any atom is -0.478 e. The number of aryl methyl sites for hydroxylation is 2. The first-order valence-corrected chi connectivity index (χ1v) is 8.20. The van der Waals surface area contributed by atoms with E-state index in [9.17, 15) is 19.5 Å². The van der Waals surface area contributed by atoms with Crippen LogP contribution in [0.5, 0.6) is 0 Å². The van der Waals surface area contributed by atoms with E-state index in [2.05, 4.69) is 20.4 Å². The molecule has 2 heterocycles. The maximum Gasteiger partial charge on any atom is 0.336 e. The second kappa shape index (κ2) is 7.24. The first-order valence-electron chi connectivity index (χ1n) is 8.20. The van der Waals surface area contributed by atoms with Crippen molar-refractivity contribution in [3.8, 4) is 5.95 Å². The molecule has 3 aromatic rings. The van der Waals surface area contributed by atoms with Gasteiger partial charge in [-0.2, -0.15) is 9.78 Å². The number of nitrogens with zero attached hydrogens (tertiary/aromatic N) is 3. The molecule has 0 aliphatic heterocycles. The van der Waals surface area contributed by atoms with Gasteiger partial charge in [0.05, 0.1) is 16.8 Å². The average Bonchev–Trinajstić information content (AvgIpc) is 3.01. The van der Waals surface area contributed by atoms with Crippen molar-refractivity contribution >= 4 is 17.7 Å². The molecule has 0 spiro atoms. The Hall–Kier alpha value is -3.75. The number of carboxylic acid groups (broad SMARTS) is 1. The number of amides is 1. The normalized spacial score (nSPS) is 10.6. The summed E-state index contributed by atoms with van der Waals surface area (Å²) < 4.78 is 1.30. The van der Waals surface area contributed by atoms with Gasteiger partial charge < -0.3 is 10.4 Å². The first-order chi connectivity index (χ1) is 12.9. The molecule has 27 heavy (non-hydrogen) atoms. The predicted octanol–water partition coefficient (Wildman–Crippen LogP) is 1.78. The summed E-state index contributed by atoms with van der Waals surface area (Å²) in [5, 5.41) is 16.1. The van der Waals surface area contributed by atoms with Gasteiger partial charge in [0.2, 0.25) is 5.95 Å². The number of hydrogen-bond donors (Lipinski definition) is 3. The molecule has 1 aromatic carbocycles. The second-order valence-corrected chi connectivity index (χ2v) is 5.80. The molecule has 2 aromatic heterocycles. The van der Waals surface area contributed by atoms with Crippen molar-refractivity contribution in [2.45, 2.75) is 20.3 Å². The number of benzene rings is 1. The van der Waals surface area contributed by atoms with Crippen molar-refractivity contribution in [3.05, 3.63) is 69.3 Å². The highest BCUT2D eigenvalue weighted by Crippen LogP contribution is 2.17. The molecule has 9 heteroatoms. The number of carbonyl (C=O) groups is 2. The summed E-state index contributed by atoms with van der Waals surface area (Å²) >= 11 is 0. The van der Waals surface area contributed by atoms with Crippen molar-refractivity contribution in [1.82, 2.24) is 19.7 Å². The zero-order valence-electron chi connectivity index (χ0n) is 14.7. The lowest BCUT2D eigenvalue weighted by atomic mass is 10.1. The van der Waals surface area contributed by atoms with Crippen molar-refractivity contribution in [2.24, 2.45) is 0 Å². The Morgan fingerprint density at radius 1 is 1.22 bits per heavy atom. The molecule has 0 atom stereocenters. The number of H-pyrrole nitrogens is 1. The fraction of sp³-hybridized carbons (Fsp3) is 0.167. The van der Waals surface area contributed by atoms with Crippen molar-refractivity contribution in [1.29, 1.82) is 0 Å². The quantitative estimate of drug-likeness (QED) is 0.630. The summed E-state index contributed by atoms with van der Waals surface area (Å²) in [5.74, 6) is -1.39. The van der Waals surface area contributed by atoms with Crippen molar-refractivity contribution in [3.63, 3.8) is 0 Å². The molecule has 9 nitrogen and oxygen atoms in total. The third kappa shape index (κ3) is 3.76. The van der Waals surface area contributed by atoms with Gasteiger partial charge in [0, 0.05) is 17.8 Å². The van der Waals surface area contributed by atoms with E-state index in [0.29, 0.717) is 17.8 Å². The second-order valence-electron chi connectivity index (χ2n) is 5.80. The van der Waals surface area contributed by atoms with Gasteiger partial charge in [-0.15, -0.1) is 0 Å². The Labute approximate surface area is 153 Å². The summed E-state index contributed by atoms with van der Waals surface area (Å²) in [6.45, 7) is 3.59. The van der Waals surface area contributed by atoms with E-state index in [-0.39, 0.29) is 28.5 Å². The molecule has 0 aliphatic rings. The van der Waals surface area contributed by atoms with Crippen LogP contribution in [0.1, 0.15) is 39.0 Å². The highest BCUT2D eigenvalue weighted by Gasteiger charge is 2.19. The number of carboxylic acids is 1. The molecular formula is C18H17N5O4. The summed E-state index contributed by atoms with van der Waals surface area (Å²) in [7, 11) is 0. The zero-order chi connectivity index (χ0) is 19.6. The van der Waals surface area contributed by atoms with E-state index >= 15 is 0 Å². The largest absolute Gasteiger partial charge is 0.478 e. The smallest absolute Gasteiger partial charge is 0.336 e. The number of carbonyl (C=O) groups excluding carboxylic acids is 1. The van der Waals surface area contributed by atoms with Crippen LogP contribution < -0.4 is 10.9 Å². The summed E-state index contributed by atoms with van der Waals surface area (Å²) in [4.78, 5) is 42.7. The van der Waals surface area contributed by atoms with Gasteiger partial charge in [0.15, 0.2) is 0 Å². The number of aromatic carboxylic acids is 1. The molecule has 138 valence electrons. The Morgan fingerprint density at radius 3 is 2.59 bits per heavy atom. The number of hydrogen-bond acceptors (Lipinski definition) is 5. The lowest BCUT2D eigenvalue weighted by Gasteiger charge is -2.10. The van der Waals surface area contributed by atoms with E-state index < -0.39 is 11.9 Å². The van der Waals surface area contributed by atoms with Crippen LogP contribution in [-0.4, -0.2) is 36.7 Å². The third-order valence-electron chi connectivity index (χ3n) is 3.82. The van der Waals surface area contributed by atoms with E-state index in [1.165, 1.54) is 22.9 Å². The highest BCUT2D eigenvalue weighted by atomic mass is 16.4. The fourth-order valence-electron chi connectivity index (χ4n) is 2.58. The summed E-state index contributed by atoms with van der Waals surface area (Å²) in [6.07, 6.45) is 0.560. The SMILES string of the molecule is CCc1cc(=O)[nH]c(-n2nc(C)cc2NC(=O)c2ccccc2C(=O)O)n1. The van der Waals surface area contributed by atoms with Gasteiger partial charge >= 0.3 is 5.97 Å². The fourth-order valence-corrected chi connectivity index (χ4v) is 2.58. The van der Waals surface area contributed by atoms with Gasteiger partial charge in [-0.3, -0.25) is 14.6 Å². The Kier molecular flexibility index (Phi) is 4.84. The van der Waals surface area contributed by atoms with E-state index in [1.54, 1.807) is 25.1 Å². The molecule has 0 aliphatic carbocycles. The Balaban J connectivity index is 2.01. The molecule has 3 N–H and O–H groups in total. The number of rotatable bonds is 5. The topological polar surface area (TPSA) is 130 Å². The van der Waals surface area contributed by atoms with Crippen LogP contribution in [0.15, 0.2) is 41.2 Å². The molecule has 0 unspecified atom stereocenters. The van der Waals surface area contributed by atoms with Crippen molar-refractivity contribution in [2.75, 3.05) is 5.32 Å². The molecule has 0 saturated carbocycles. The van der Waals surface area contributed by atoms with Gasteiger partial charge in [-0.1, -0.05) is 19.1 Å². The van der Waals surface area contributed by atoms with Crippen LogP contribution in [0.3, 0.4) is 0 Å². The maximum atomic E-state index is 12.6. The highest BCUT2D eigenvalue weighted by molar-refractivity contribution is 6.10. The molecule has 0 saturated heterocycles. The lowest BCUT2D eigenvalue weighted by molar-refractivity contribution is 0.0692. The number of aromatic nitrogens is 4. The third-order valence-corrected chi connectivity index (χ3v) is 3.82. The zero-order valence-corrected chi connectivity index (χ0v) is 14.7. The maximum absolute atomic E-state index is 12.6. The van der Waals surface area contributed by atoms with Crippen LogP contribution >= 0.6 is 0 Å². The number of anilines is 1. The molecule has 0 fully saturated rings. The van der Waals surface area contributed by atoms with Gasteiger partial charge in [0.25, 0.3) is 11.5 Å². The summed E-state index contributed by atoms with van der Waals surface area (Å²) in [5.41, 5.74) is 0.728. The van der Waals surface area contributed by atoms with Crippen LogP contribution in [-0.2, 0) is 6.42 Å². The van der Waals surface area contributed by atoms with Gasteiger partial charge in [0.1, 0.15) is 5.82 Å². The van der Waals surface area contributed by atoms with Crippen LogP contribution in [0.2, 0.25) is 0 Å². The van der Waals surface area contributed by atoms with Crippen molar-refractivity contribution < 1.29 is 14.7 Å². The van der Waals surface area contributed by atoms with E-state index in [4.69, 9.17) is 0 Å². The number of nitrogens with one attached hydrogen (secondary N) is 2. The Bertz CT molecular complexity index is 1080. The predicted molar refractivity (Wildman–Crippen MR) is 97.4 cm³/mol. The molecule has 0 bridgehead atoms. The molecular weight excluding hydrogens is 350 g/mol. The first kappa shape index (κ1) is 18.1. The van der Waals surface area contributed by atoms with Gasteiger partial charge in [-0.05, 0) is 25.5 Å². The molecule has 0 radical (unpaired) electrons. The van der Waals surface area contributed by atoms with E-state index in [0.717, 1.165) is 0 Å². The Morgan fingerprint density at radius 2 is 1.93 bits per heavy atom. The van der Waals surface area contributed by atoms with Crippen LogP contribution in [0.25, 0.3) is 5.95 Å². The minimum absolute atomic E-state index is 0.0131. The molecule has 3 rings (SSSR count). The number of aromatic amines is 1. The average molecular weight is 367 g/mol. The summed E-state index contributed by atoms with van der Waals surface area (Å²) in [6, 6.07) is 8.88. The standard InChI is InChI=1S/C18H17N5O4/c1-3-11-9-15(24)21-18(19-11)23-14(8-10(2)22-23)20-16(25)12-6-4-5-7-13(12)17(26)27/h4-9H,3H2,1-2H3,(H,20,25)(H,26,27)(H,19,21,24). The van der Waals surface area contributed by atoms with Crippen LogP contribution in [0.4, 0.5) is 5.82 Å². The minimum atomic E-state index is -1.20. The monoisotopic (exact) mass is 367 g/mol. The van der Waals surface area contributed by atoms with Gasteiger partial charge in [-0.25, -0.2) is 9.78 Å². The van der Waals surface area contributed by atoms with E-state index in [1.807, 2.05) is 6.92 Å². The molecule has 1 amide bonds. The lowest BCUT2D eigenvalue weighted by Crippen LogP contribution is -2.20.